The number of piperazine rings is 1. The van der Waals surface area contributed by atoms with E-state index in [4.69, 9.17) is 4.74 Å². The van der Waals surface area contributed by atoms with Crippen LogP contribution in [0.25, 0.3) is 5.69 Å². The van der Waals surface area contributed by atoms with Gasteiger partial charge in [-0.2, -0.15) is 5.10 Å². The number of likely N-dealkylation sites (N-methyl/N-ethyl adjacent to an activating group) is 1. The highest BCUT2D eigenvalue weighted by Gasteiger charge is 2.17. The van der Waals surface area contributed by atoms with Crippen LogP contribution >= 0.6 is 0 Å². The molecule has 0 aliphatic carbocycles. The molecule has 1 amide bonds. The first-order chi connectivity index (χ1) is 14.6. The smallest absolute Gasteiger partial charge is 0.272 e. The van der Waals surface area contributed by atoms with Crippen molar-refractivity contribution >= 4 is 11.6 Å². The van der Waals surface area contributed by atoms with E-state index in [2.05, 4.69) is 45.5 Å². The summed E-state index contributed by atoms with van der Waals surface area (Å²) in [4.78, 5) is 17.4. The molecule has 2 aromatic carbocycles. The van der Waals surface area contributed by atoms with Crippen molar-refractivity contribution in [3.63, 3.8) is 0 Å². The molecule has 30 heavy (non-hydrogen) atoms. The molecule has 1 aliphatic rings. The zero-order valence-electron chi connectivity index (χ0n) is 17.4. The number of anilines is 1. The Morgan fingerprint density at radius 2 is 1.77 bits per heavy atom. The second kappa shape index (κ2) is 9.00. The molecule has 0 bridgehead atoms. The maximum absolute atomic E-state index is 12.7. The topological polar surface area (TPSA) is 62.6 Å². The first kappa shape index (κ1) is 20.0. The summed E-state index contributed by atoms with van der Waals surface area (Å²) in [5.74, 6) is 0.596. The van der Waals surface area contributed by atoms with Crippen molar-refractivity contribution in [1.29, 1.82) is 0 Å². The van der Waals surface area contributed by atoms with Crippen LogP contribution in [-0.2, 0) is 6.54 Å². The standard InChI is InChI=1S/C23H27N5O2/c1-26-13-15-27(16-14-26)22-6-4-3-5-18(22)17-24-23(29)21-11-12-28(25-21)19-7-9-20(30-2)10-8-19/h3-12H,13-17H2,1-2H3,(H,24,29). The normalized spacial score (nSPS) is 14.5. The Morgan fingerprint density at radius 3 is 2.50 bits per heavy atom. The third-order valence-electron chi connectivity index (χ3n) is 5.43. The molecule has 0 spiro atoms. The third kappa shape index (κ3) is 4.46. The Kier molecular flexibility index (Phi) is 5.99. The molecule has 156 valence electrons. The maximum atomic E-state index is 12.7. The summed E-state index contributed by atoms with van der Waals surface area (Å²) < 4.78 is 6.87. The molecule has 1 aromatic heterocycles. The molecule has 4 rings (SSSR count). The molecular formula is C23H27N5O2. The molecule has 0 atom stereocenters. The summed E-state index contributed by atoms with van der Waals surface area (Å²) in [6.45, 7) is 4.55. The van der Waals surface area contributed by atoms with Crippen molar-refractivity contribution in [2.75, 3.05) is 45.2 Å². The summed E-state index contributed by atoms with van der Waals surface area (Å²) in [5, 5.41) is 7.43. The van der Waals surface area contributed by atoms with E-state index in [0.29, 0.717) is 12.2 Å². The number of methoxy groups -OCH3 is 1. The van der Waals surface area contributed by atoms with Crippen LogP contribution < -0.4 is 15.0 Å². The predicted molar refractivity (Wildman–Crippen MR) is 117 cm³/mol. The minimum absolute atomic E-state index is 0.185. The lowest BCUT2D eigenvalue weighted by atomic mass is 10.1. The van der Waals surface area contributed by atoms with E-state index in [1.807, 2.05) is 30.3 Å². The van der Waals surface area contributed by atoms with Crippen LogP contribution in [0.5, 0.6) is 5.75 Å². The molecule has 0 radical (unpaired) electrons. The van der Waals surface area contributed by atoms with E-state index in [1.165, 1.54) is 5.69 Å². The Hall–Kier alpha value is -3.32. The van der Waals surface area contributed by atoms with Crippen LogP contribution in [0, 0.1) is 0 Å². The molecule has 0 saturated carbocycles. The fourth-order valence-electron chi connectivity index (χ4n) is 3.61. The summed E-state index contributed by atoms with van der Waals surface area (Å²) in [6, 6.07) is 17.5. The molecule has 1 aliphatic heterocycles. The Balaban J connectivity index is 1.41. The monoisotopic (exact) mass is 405 g/mol. The highest BCUT2D eigenvalue weighted by molar-refractivity contribution is 5.92. The SMILES string of the molecule is COc1ccc(-n2ccc(C(=O)NCc3ccccc3N3CCN(C)CC3)n2)cc1. The van der Waals surface area contributed by atoms with Gasteiger partial charge < -0.3 is 19.9 Å². The van der Waals surface area contributed by atoms with E-state index in [0.717, 1.165) is 43.2 Å². The van der Waals surface area contributed by atoms with Gasteiger partial charge in [-0.25, -0.2) is 4.68 Å². The van der Waals surface area contributed by atoms with E-state index in [-0.39, 0.29) is 5.91 Å². The zero-order chi connectivity index (χ0) is 20.9. The van der Waals surface area contributed by atoms with Gasteiger partial charge in [0.05, 0.1) is 12.8 Å². The lowest BCUT2D eigenvalue weighted by Gasteiger charge is -2.35. The van der Waals surface area contributed by atoms with Crippen molar-refractivity contribution < 1.29 is 9.53 Å². The highest BCUT2D eigenvalue weighted by atomic mass is 16.5. The van der Waals surface area contributed by atoms with Gasteiger partial charge >= 0.3 is 0 Å². The van der Waals surface area contributed by atoms with Crippen molar-refractivity contribution in [3.05, 3.63) is 72.1 Å². The maximum Gasteiger partial charge on any atom is 0.272 e. The first-order valence-electron chi connectivity index (χ1n) is 10.1. The number of carbonyl (C=O) groups is 1. The number of aromatic nitrogens is 2. The molecule has 7 nitrogen and oxygen atoms in total. The summed E-state index contributed by atoms with van der Waals surface area (Å²) >= 11 is 0. The van der Waals surface area contributed by atoms with E-state index < -0.39 is 0 Å². The number of hydrogen-bond acceptors (Lipinski definition) is 5. The number of nitrogens with one attached hydrogen (secondary N) is 1. The minimum atomic E-state index is -0.185. The van der Waals surface area contributed by atoms with Gasteiger partial charge in [0.15, 0.2) is 5.69 Å². The molecule has 7 heteroatoms. The number of nitrogens with zero attached hydrogens (tertiary/aromatic N) is 4. The average molecular weight is 406 g/mol. The van der Waals surface area contributed by atoms with Gasteiger partial charge in [0.1, 0.15) is 5.75 Å². The third-order valence-corrected chi connectivity index (χ3v) is 5.43. The van der Waals surface area contributed by atoms with E-state index >= 15 is 0 Å². The molecule has 1 saturated heterocycles. The molecule has 1 fully saturated rings. The van der Waals surface area contributed by atoms with Crippen LogP contribution in [0.15, 0.2) is 60.8 Å². The van der Waals surface area contributed by atoms with Gasteiger partial charge in [-0.3, -0.25) is 4.79 Å². The van der Waals surface area contributed by atoms with Crippen LogP contribution in [0.2, 0.25) is 0 Å². The zero-order valence-corrected chi connectivity index (χ0v) is 17.4. The van der Waals surface area contributed by atoms with Crippen LogP contribution in [0.3, 0.4) is 0 Å². The second-order valence-corrected chi connectivity index (χ2v) is 7.45. The van der Waals surface area contributed by atoms with Crippen LogP contribution in [-0.4, -0.2) is 60.9 Å². The van der Waals surface area contributed by atoms with Crippen LogP contribution in [0.1, 0.15) is 16.1 Å². The van der Waals surface area contributed by atoms with Crippen molar-refractivity contribution in [3.8, 4) is 11.4 Å². The fraction of sp³-hybridized carbons (Fsp3) is 0.304. The quantitative estimate of drug-likeness (QED) is 0.683. The highest BCUT2D eigenvalue weighted by Crippen LogP contribution is 2.22. The van der Waals surface area contributed by atoms with Crippen LogP contribution in [0.4, 0.5) is 5.69 Å². The molecule has 3 aromatic rings. The lowest BCUT2D eigenvalue weighted by Crippen LogP contribution is -2.45. The van der Waals surface area contributed by atoms with Gasteiger partial charge in [-0.1, -0.05) is 18.2 Å². The lowest BCUT2D eigenvalue weighted by molar-refractivity contribution is 0.0945. The van der Waals surface area contributed by atoms with Gasteiger partial charge in [0.25, 0.3) is 5.91 Å². The number of benzene rings is 2. The largest absolute Gasteiger partial charge is 0.497 e. The van der Waals surface area contributed by atoms with E-state index in [9.17, 15) is 4.79 Å². The Labute approximate surface area is 176 Å². The first-order valence-corrected chi connectivity index (χ1v) is 10.1. The molecule has 1 N–H and O–H groups in total. The number of ether oxygens (including phenoxy) is 1. The summed E-state index contributed by atoms with van der Waals surface area (Å²) in [6.07, 6.45) is 1.79. The van der Waals surface area contributed by atoms with Crippen molar-refractivity contribution in [2.45, 2.75) is 6.54 Å². The Morgan fingerprint density at radius 1 is 1.03 bits per heavy atom. The second-order valence-electron chi connectivity index (χ2n) is 7.45. The molecular weight excluding hydrogens is 378 g/mol. The fourth-order valence-corrected chi connectivity index (χ4v) is 3.61. The van der Waals surface area contributed by atoms with Crippen molar-refractivity contribution in [1.82, 2.24) is 20.0 Å². The number of para-hydroxylation sites is 1. The summed E-state index contributed by atoms with van der Waals surface area (Å²) in [5.41, 5.74) is 3.57. The minimum Gasteiger partial charge on any atom is -0.497 e. The Bertz CT molecular complexity index is 991. The number of hydrogen-bond donors (Lipinski definition) is 1. The van der Waals surface area contributed by atoms with Crippen molar-refractivity contribution in [2.24, 2.45) is 0 Å². The summed E-state index contributed by atoms with van der Waals surface area (Å²) in [7, 11) is 3.78. The number of carbonyl (C=O) groups excluding carboxylic acids is 1. The van der Waals surface area contributed by atoms with Gasteiger partial charge in [-0.15, -0.1) is 0 Å². The van der Waals surface area contributed by atoms with Gasteiger partial charge in [0, 0.05) is 44.6 Å². The molecule has 2 heterocycles. The predicted octanol–water partition coefficient (Wildman–Crippen LogP) is 2.56. The average Bonchev–Trinajstić information content (AvgIpc) is 3.29. The number of rotatable bonds is 6. The van der Waals surface area contributed by atoms with Gasteiger partial charge in [0.2, 0.25) is 0 Å². The molecule has 0 unspecified atom stereocenters. The van der Waals surface area contributed by atoms with Gasteiger partial charge in [-0.05, 0) is 49.0 Å². The number of amides is 1. The van der Waals surface area contributed by atoms with E-state index in [1.54, 1.807) is 24.1 Å².